The van der Waals surface area contributed by atoms with Gasteiger partial charge >= 0.3 is 0 Å². The summed E-state index contributed by atoms with van der Waals surface area (Å²) in [7, 11) is 1.35. The number of nitrogens with zero attached hydrogens (tertiary/aromatic N) is 5. The Morgan fingerprint density at radius 3 is 2.50 bits per heavy atom. The van der Waals surface area contributed by atoms with Gasteiger partial charge in [-0.15, -0.1) is 10.2 Å². The summed E-state index contributed by atoms with van der Waals surface area (Å²) in [5, 5.41) is 7.09. The van der Waals surface area contributed by atoms with Gasteiger partial charge in [0.15, 0.2) is 5.82 Å². The molecule has 0 unspecified atom stereocenters. The molecule has 0 saturated heterocycles. The second-order valence-corrected chi connectivity index (χ2v) is 5.99. The Kier molecular flexibility index (Phi) is 3.31. The van der Waals surface area contributed by atoms with Crippen LogP contribution in [-0.2, 0) is 15.6 Å². The van der Waals surface area contributed by atoms with E-state index in [9.17, 15) is 8.42 Å². The summed E-state index contributed by atoms with van der Waals surface area (Å²) in [5.41, 5.74) is 1.20. The Morgan fingerprint density at radius 1 is 1.28 bits per heavy atom. The van der Waals surface area contributed by atoms with Gasteiger partial charge in [-0.3, -0.25) is 9.55 Å². The predicted octanol–water partition coefficient (Wildman–Crippen LogP) is 0.991. The third-order valence-corrected chi connectivity index (χ3v) is 3.41. The Balaban J connectivity index is 2.59. The van der Waals surface area contributed by atoms with Gasteiger partial charge in [-0.25, -0.2) is 13.4 Å². The summed E-state index contributed by atoms with van der Waals surface area (Å²) < 4.78 is 24.0. The molecule has 0 atom stereocenters. The Labute approximate surface area is 108 Å². The fourth-order valence-corrected chi connectivity index (χ4v) is 2.41. The van der Waals surface area contributed by atoms with Crippen LogP contribution in [0, 0.1) is 6.92 Å². The van der Waals surface area contributed by atoms with Crippen LogP contribution in [-0.4, -0.2) is 33.2 Å². The average molecular weight is 288 g/mol. The highest BCUT2D eigenvalue weighted by atomic mass is 35.7. The first-order chi connectivity index (χ1) is 8.43. The van der Waals surface area contributed by atoms with E-state index in [4.69, 9.17) is 10.7 Å². The second-order valence-electron chi connectivity index (χ2n) is 3.53. The zero-order valence-electron chi connectivity index (χ0n) is 9.70. The summed E-state index contributed by atoms with van der Waals surface area (Å²) in [5.74, 6) is 0.323. The summed E-state index contributed by atoms with van der Waals surface area (Å²) >= 11 is 0. The van der Waals surface area contributed by atoms with Gasteiger partial charge in [0.1, 0.15) is 5.69 Å². The molecule has 2 heterocycles. The molecule has 0 aromatic carbocycles. The Morgan fingerprint density at radius 2 is 2.00 bits per heavy atom. The lowest BCUT2D eigenvalue weighted by Crippen LogP contribution is -2.06. The van der Waals surface area contributed by atoms with Crippen molar-refractivity contribution in [2.75, 3.05) is 0 Å². The SMILES string of the molecule is CCn1c(-c2cnc(C)cn2)nnc1S(=O)(=O)Cl. The zero-order chi connectivity index (χ0) is 13.3. The predicted molar refractivity (Wildman–Crippen MR) is 64.5 cm³/mol. The first-order valence-electron chi connectivity index (χ1n) is 5.10. The van der Waals surface area contributed by atoms with E-state index >= 15 is 0 Å². The summed E-state index contributed by atoms with van der Waals surface area (Å²) in [4.78, 5) is 8.21. The van der Waals surface area contributed by atoms with Crippen molar-refractivity contribution in [2.24, 2.45) is 0 Å². The minimum absolute atomic E-state index is 0.288. The quantitative estimate of drug-likeness (QED) is 0.782. The fraction of sp³-hybridized carbons (Fsp3) is 0.333. The molecule has 7 nitrogen and oxygen atoms in total. The lowest BCUT2D eigenvalue weighted by Gasteiger charge is -2.04. The molecule has 0 aliphatic rings. The molecule has 0 spiro atoms. The fourth-order valence-electron chi connectivity index (χ4n) is 1.45. The first-order valence-corrected chi connectivity index (χ1v) is 7.41. The zero-order valence-corrected chi connectivity index (χ0v) is 11.3. The van der Waals surface area contributed by atoms with Crippen molar-refractivity contribution >= 4 is 19.7 Å². The van der Waals surface area contributed by atoms with E-state index in [2.05, 4.69) is 20.2 Å². The van der Waals surface area contributed by atoms with Gasteiger partial charge in [0.2, 0.25) is 0 Å². The van der Waals surface area contributed by atoms with Crippen LogP contribution in [0.1, 0.15) is 12.6 Å². The van der Waals surface area contributed by atoms with Gasteiger partial charge in [-0.05, 0) is 13.8 Å². The van der Waals surface area contributed by atoms with Crippen LogP contribution >= 0.6 is 10.7 Å². The van der Waals surface area contributed by atoms with E-state index in [0.29, 0.717) is 18.1 Å². The lowest BCUT2D eigenvalue weighted by molar-refractivity contribution is 0.582. The molecule has 0 aliphatic heterocycles. The van der Waals surface area contributed by atoms with Crippen molar-refractivity contribution in [3.8, 4) is 11.5 Å². The molecule has 18 heavy (non-hydrogen) atoms. The number of aryl methyl sites for hydroxylation is 1. The molecule has 0 N–H and O–H groups in total. The van der Waals surface area contributed by atoms with Crippen LogP contribution in [0.15, 0.2) is 17.6 Å². The minimum atomic E-state index is -3.93. The van der Waals surface area contributed by atoms with Crippen molar-refractivity contribution in [3.05, 3.63) is 18.1 Å². The number of hydrogen-bond donors (Lipinski definition) is 0. The summed E-state index contributed by atoms with van der Waals surface area (Å²) in [6.45, 7) is 3.93. The maximum Gasteiger partial charge on any atom is 0.296 e. The van der Waals surface area contributed by atoms with Gasteiger partial charge < -0.3 is 0 Å². The molecular formula is C9H10ClN5O2S. The van der Waals surface area contributed by atoms with E-state index in [-0.39, 0.29) is 5.16 Å². The standard InChI is InChI=1S/C9H10ClN5O2S/c1-3-15-8(7-5-11-6(2)4-12-7)13-14-9(15)18(10,16)17/h4-5H,3H2,1-2H3. The maximum absolute atomic E-state index is 11.3. The topological polar surface area (TPSA) is 90.6 Å². The van der Waals surface area contributed by atoms with Crippen LogP contribution in [0.5, 0.6) is 0 Å². The number of hydrogen-bond acceptors (Lipinski definition) is 6. The van der Waals surface area contributed by atoms with Gasteiger partial charge in [-0.1, -0.05) is 0 Å². The van der Waals surface area contributed by atoms with Crippen molar-refractivity contribution in [1.82, 2.24) is 24.7 Å². The van der Waals surface area contributed by atoms with Crippen LogP contribution in [0.4, 0.5) is 0 Å². The molecule has 0 radical (unpaired) electrons. The van der Waals surface area contributed by atoms with Crippen LogP contribution in [0.25, 0.3) is 11.5 Å². The van der Waals surface area contributed by atoms with E-state index < -0.39 is 9.05 Å². The van der Waals surface area contributed by atoms with E-state index in [0.717, 1.165) is 5.69 Å². The van der Waals surface area contributed by atoms with E-state index in [1.807, 2.05) is 0 Å². The molecule has 0 fully saturated rings. The number of halogens is 1. The largest absolute Gasteiger partial charge is 0.296 e. The monoisotopic (exact) mass is 287 g/mol. The molecule has 2 aromatic heterocycles. The number of rotatable bonds is 3. The van der Waals surface area contributed by atoms with Gasteiger partial charge in [0.25, 0.3) is 14.2 Å². The van der Waals surface area contributed by atoms with E-state index in [1.54, 1.807) is 20.0 Å². The first kappa shape index (κ1) is 12.9. The van der Waals surface area contributed by atoms with Crippen molar-refractivity contribution in [2.45, 2.75) is 25.5 Å². The minimum Gasteiger partial charge on any atom is -0.296 e. The van der Waals surface area contributed by atoms with E-state index in [1.165, 1.54) is 10.8 Å². The Bertz CT molecular complexity index is 665. The normalized spacial score (nSPS) is 11.7. The van der Waals surface area contributed by atoms with Crippen LogP contribution < -0.4 is 0 Å². The molecule has 0 aliphatic carbocycles. The lowest BCUT2D eigenvalue weighted by atomic mass is 10.4. The maximum atomic E-state index is 11.3. The van der Waals surface area contributed by atoms with Crippen molar-refractivity contribution < 1.29 is 8.42 Å². The Hall–Kier alpha value is -1.54. The third kappa shape index (κ3) is 2.34. The molecular weight excluding hydrogens is 278 g/mol. The summed E-state index contributed by atoms with van der Waals surface area (Å²) in [6, 6.07) is 0. The highest BCUT2D eigenvalue weighted by molar-refractivity contribution is 8.13. The third-order valence-electron chi connectivity index (χ3n) is 2.26. The summed E-state index contributed by atoms with van der Waals surface area (Å²) in [6.07, 6.45) is 3.08. The molecule has 96 valence electrons. The average Bonchev–Trinajstić information content (AvgIpc) is 2.73. The molecule has 2 rings (SSSR count). The molecule has 0 saturated carbocycles. The molecule has 0 amide bonds. The highest BCUT2D eigenvalue weighted by Crippen LogP contribution is 2.20. The second kappa shape index (κ2) is 4.62. The van der Waals surface area contributed by atoms with Crippen molar-refractivity contribution in [1.29, 1.82) is 0 Å². The van der Waals surface area contributed by atoms with Crippen molar-refractivity contribution in [3.63, 3.8) is 0 Å². The van der Waals surface area contributed by atoms with Crippen LogP contribution in [0.2, 0.25) is 0 Å². The van der Waals surface area contributed by atoms with Gasteiger partial charge in [0.05, 0.1) is 11.9 Å². The van der Waals surface area contributed by atoms with Crippen LogP contribution in [0.3, 0.4) is 0 Å². The van der Waals surface area contributed by atoms with Gasteiger partial charge in [0, 0.05) is 23.4 Å². The highest BCUT2D eigenvalue weighted by Gasteiger charge is 2.22. The molecule has 9 heteroatoms. The smallest absolute Gasteiger partial charge is 0.296 e. The molecule has 2 aromatic rings. The number of aromatic nitrogens is 5. The van der Waals surface area contributed by atoms with Gasteiger partial charge in [-0.2, -0.15) is 0 Å². The molecule has 0 bridgehead atoms.